The lowest BCUT2D eigenvalue weighted by molar-refractivity contribution is 0.0601. The minimum atomic E-state index is -0.389. The van der Waals surface area contributed by atoms with Gasteiger partial charge in [-0.3, -0.25) is 0 Å². The minimum Gasteiger partial charge on any atom is -0.465 e. The maximum absolute atomic E-state index is 11.8. The lowest BCUT2D eigenvalue weighted by Gasteiger charge is -2.21. The van der Waals surface area contributed by atoms with Gasteiger partial charge in [0.2, 0.25) is 0 Å². The number of aryl methyl sites for hydroxylation is 1. The summed E-state index contributed by atoms with van der Waals surface area (Å²) in [4.78, 5) is 21.0. The molecule has 25 heavy (non-hydrogen) atoms. The summed E-state index contributed by atoms with van der Waals surface area (Å²) in [6, 6.07) is 5.37. The van der Waals surface area contributed by atoms with Crippen LogP contribution in [0.25, 0.3) is 21.9 Å². The fourth-order valence-electron chi connectivity index (χ4n) is 3.12. The van der Waals surface area contributed by atoms with Crippen molar-refractivity contribution >= 4 is 33.7 Å². The number of hydrogen-bond acceptors (Lipinski definition) is 5. The lowest BCUT2D eigenvalue weighted by atomic mass is 9.96. The predicted octanol–water partition coefficient (Wildman–Crippen LogP) is 3.56. The van der Waals surface area contributed by atoms with E-state index < -0.39 is 0 Å². The first kappa shape index (κ1) is 17.2. The second-order valence-corrected chi connectivity index (χ2v) is 7.45. The second kappa shape index (κ2) is 6.02. The molecule has 0 amide bonds. The molecule has 3 aromatic rings. The van der Waals surface area contributed by atoms with Crippen molar-refractivity contribution in [2.75, 3.05) is 12.8 Å². The summed E-state index contributed by atoms with van der Waals surface area (Å²) < 4.78 is 7.03. The standard InChI is InChI=1S/C19H24N4O2/c1-6-14-22-15-16(23(14)10-19(2,3)4)12-8-7-11(18(24)25-5)9-13(12)21-17(15)20/h7-9H,6,10H2,1-5H3,(H2,20,21). The number of imidazole rings is 1. The van der Waals surface area contributed by atoms with Gasteiger partial charge in [-0.2, -0.15) is 0 Å². The third-order valence-corrected chi connectivity index (χ3v) is 4.15. The highest BCUT2D eigenvalue weighted by atomic mass is 16.5. The average molecular weight is 340 g/mol. The fraction of sp³-hybridized carbons (Fsp3) is 0.421. The summed E-state index contributed by atoms with van der Waals surface area (Å²) in [5.74, 6) is 0.981. The molecule has 0 aliphatic heterocycles. The van der Waals surface area contributed by atoms with Crippen LogP contribution >= 0.6 is 0 Å². The Kier molecular flexibility index (Phi) is 4.14. The molecule has 0 fully saturated rings. The van der Waals surface area contributed by atoms with Gasteiger partial charge in [-0.15, -0.1) is 0 Å². The largest absolute Gasteiger partial charge is 0.465 e. The van der Waals surface area contributed by atoms with E-state index in [0.717, 1.165) is 35.2 Å². The van der Waals surface area contributed by atoms with Crippen molar-refractivity contribution in [2.24, 2.45) is 5.41 Å². The fourth-order valence-corrected chi connectivity index (χ4v) is 3.12. The Hall–Kier alpha value is -2.63. The highest BCUT2D eigenvalue weighted by Gasteiger charge is 2.21. The number of methoxy groups -OCH3 is 1. The molecule has 132 valence electrons. The van der Waals surface area contributed by atoms with E-state index >= 15 is 0 Å². The van der Waals surface area contributed by atoms with Crippen molar-refractivity contribution in [1.82, 2.24) is 14.5 Å². The number of fused-ring (bicyclic) bond motifs is 3. The van der Waals surface area contributed by atoms with Crippen LogP contribution in [-0.4, -0.2) is 27.6 Å². The number of hydrogen-bond donors (Lipinski definition) is 1. The molecule has 1 aromatic carbocycles. The molecule has 2 heterocycles. The summed E-state index contributed by atoms with van der Waals surface area (Å²) in [7, 11) is 1.36. The highest BCUT2D eigenvalue weighted by Crippen LogP contribution is 2.32. The number of carbonyl (C=O) groups is 1. The van der Waals surface area contributed by atoms with Crippen LogP contribution in [0.5, 0.6) is 0 Å². The van der Waals surface area contributed by atoms with Crippen LogP contribution in [0.2, 0.25) is 0 Å². The Labute approximate surface area is 147 Å². The maximum Gasteiger partial charge on any atom is 0.337 e. The molecule has 0 bridgehead atoms. The molecule has 0 aliphatic rings. The highest BCUT2D eigenvalue weighted by molar-refractivity contribution is 6.08. The first-order valence-electron chi connectivity index (χ1n) is 8.42. The Balaban J connectivity index is 2.36. The number of nitrogens with two attached hydrogens (primary N) is 1. The number of nitrogen functional groups attached to an aromatic ring is 1. The molecule has 0 unspecified atom stereocenters. The van der Waals surface area contributed by atoms with Gasteiger partial charge < -0.3 is 15.0 Å². The summed E-state index contributed by atoms with van der Waals surface area (Å²) in [5, 5.41) is 0.938. The van der Waals surface area contributed by atoms with E-state index in [1.54, 1.807) is 12.1 Å². The first-order chi connectivity index (χ1) is 11.7. The third-order valence-electron chi connectivity index (χ3n) is 4.15. The molecule has 0 saturated heterocycles. The topological polar surface area (TPSA) is 83.0 Å². The number of nitrogens with zero attached hydrogens (tertiary/aromatic N) is 3. The number of anilines is 1. The smallest absolute Gasteiger partial charge is 0.337 e. The molecule has 3 rings (SSSR count). The van der Waals surface area contributed by atoms with E-state index in [1.807, 2.05) is 6.07 Å². The molecule has 0 aliphatic carbocycles. The summed E-state index contributed by atoms with van der Waals surface area (Å²) in [5.41, 5.74) is 9.10. The van der Waals surface area contributed by atoms with Crippen molar-refractivity contribution in [3.8, 4) is 0 Å². The second-order valence-electron chi connectivity index (χ2n) is 7.45. The third kappa shape index (κ3) is 3.04. The summed E-state index contributed by atoms with van der Waals surface area (Å²) >= 11 is 0. The molecule has 2 aromatic heterocycles. The Morgan fingerprint density at radius 3 is 2.60 bits per heavy atom. The van der Waals surface area contributed by atoms with E-state index in [1.165, 1.54) is 7.11 Å². The molecule has 0 radical (unpaired) electrons. The number of rotatable bonds is 3. The number of pyridine rings is 1. The van der Waals surface area contributed by atoms with E-state index in [2.05, 4.69) is 37.2 Å². The van der Waals surface area contributed by atoms with Crippen LogP contribution in [0, 0.1) is 5.41 Å². The molecule has 6 nitrogen and oxygen atoms in total. The number of aromatic nitrogens is 3. The van der Waals surface area contributed by atoms with Crippen LogP contribution < -0.4 is 5.73 Å². The van der Waals surface area contributed by atoms with Gasteiger partial charge >= 0.3 is 5.97 Å². The molecule has 0 spiro atoms. The van der Waals surface area contributed by atoms with E-state index in [-0.39, 0.29) is 11.4 Å². The number of benzene rings is 1. The van der Waals surface area contributed by atoms with Crippen LogP contribution in [0.15, 0.2) is 18.2 Å². The van der Waals surface area contributed by atoms with Crippen molar-refractivity contribution in [3.63, 3.8) is 0 Å². The van der Waals surface area contributed by atoms with Crippen LogP contribution in [-0.2, 0) is 17.7 Å². The molecule has 6 heteroatoms. The molecule has 0 saturated carbocycles. The molecular weight excluding hydrogens is 316 g/mol. The van der Waals surface area contributed by atoms with E-state index in [0.29, 0.717) is 16.9 Å². The van der Waals surface area contributed by atoms with Gasteiger partial charge in [0.15, 0.2) is 5.82 Å². The molecular formula is C19H24N4O2. The maximum atomic E-state index is 11.8. The van der Waals surface area contributed by atoms with Gasteiger partial charge in [-0.1, -0.05) is 27.7 Å². The van der Waals surface area contributed by atoms with Crippen molar-refractivity contribution in [1.29, 1.82) is 0 Å². The predicted molar refractivity (Wildman–Crippen MR) is 99.6 cm³/mol. The lowest BCUT2D eigenvalue weighted by Crippen LogP contribution is -2.17. The van der Waals surface area contributed by atoms with Crippen LogP contribution in [0.3, 0.4) is 0 Å². The SMILES string of the molecule is CCc1nc2c(N)nc3cc(C(=O)OC)ccc3c2n1CC(C)(C)C. The summed E-state index contributed by atoms with van der Waals surface area (Å²) in [6.45, 7) is 9.49. The molecule has 2 N–H and O–H groups in total. The Morgan fingerprint density at radius 2 is 2.00 bits per heavy atom. The normalized spacial score (nSPS) is 12.0. The minimum absolute atomic E-state index is 0.0911. The Bertz CT molecular complexity index is 967. The van der Waals surface area contributed by atoms with E-state index in [4.69, 9.17) is 15.5 Å². The number of carbonyl (C=O) groups excluding carboxylic acids is 1. The average Bonchev–Trinajstić information content (AvgIpc) is 2.91. The van der Waals surface area contributed by atoms with Gasteiger partial charge in [0.05, 0.1) is 23.7 Å². The van der Waals surface area contributed by atoms with Gasteiger partial charge in [-0.25, -0.2) is 14.8 Å². The van der Waals surface area contributed by atoms with Crippen molar-refractivity contribution in [2.45, 2.75) is 40.7 Å². The van der Waals surface area contributed by atoms with Gasteiger partial charge in [0, 0.05) is 18.4 Å². The summed E-state index contributed by atoms with van der Waals surface area (Å²) in [6.07, 6.45) is 0.811. The zero-order valence-electron chi connectivity index (χ0n) is 15.4. The van der Waals surface area contributed by atoms with Crippen molar-refractivity contribution < 1.29 is 9.53 Å². The van der Waals surface area contributed by atoms with Gasteiger partial charge in [-0.05, 0) is 23.6 Å². The first-order valence-corrected chi connectivity index (χ1v) is 8.42. The molecule has 0 atom stereocenters. The van der Waals surface area contributed by atoms with Gasteiger partial charge in [0.25, 0.3) is 0 Å². The Morgan fingerprint density at radius 1 is 1.28 bits per heavy atom. The quantitative estimate of drug-likeness (QED) is 0.737. The zero-order valence-corrected chi connectivity index (χ0v) is 15.4. The van der Waals surface area contributed by atoms with Gasteiger partial charge in [0.1, 0.15) is 11.3 Å². The van der Waals surface area contributed by atoms with E-state index in [9.17, 15) is 4.79 Å². The van der Waals surface area contributed by atoms with Crippen molar-refractivity contribution in [3.05, 3.63) is 29.6 Å². The zero-order chi connectivity index (χ0) is 18.4. The van der Waals surface area contributed by atoms with Crippen LogP contribution in [0.1, 0.15) is 43.9 Å². The monoisotopic (exact) mass is 340 g/mol. The number of esters is 1. The van der Waals surface area contributed by atoms with Crippen LogP contribution in [0.4, 0.5) is 5.82 Å². The number of ether oxygens (including phenoxy) is 1.